The Morgan fingerprint density at radius 1 is 0.727 bits per heavy atom. The van der Waals surface area contributed by atoms with E-state index in [4.69, 9.17) is 9.84 Å². The Hall–Kier alpha value is -4.48. The molecule has 0 amide bonds. The van der Waals surface area contributed by atoms with Crippen LogP contribution in [0.4, 0.5) is 28.9 Å². The minimum atomic E-state index is -1.50. The van der Waals surface area contributed by atoms with E-state index in [-0.39, 0.29) is 31.7 Å². The number of aromatic carboxylic acids is 1. The van der Waals surface area contributed by atoms with Gasteiger partial charge in [-0.3, -0.25) is 9.97 Å². The van der Waals surface area contributed by atoms with Crippen molar-refractivity contribution in [2.24, 2.45) is 0 Å². The number of ether oxygens (including phenoxy) is 1. The van der Waals surface area contributed by atoms with Gasteiger partial charge < -0.3 is 19.6 Å². The van der Waals surface area contributed by atoms with E-state index in [1.807, 2.05) is 0 Å². The lowest BCUT2D eigenvalue weighted by Crippen LogP contribution is -2.24. The zero-order valence-electron chi connectivity index (χ0n) is 24.4. The third-order valence-electron chi connectivity index (χ3n) is 7.39. The number of fused-ring (bicyclic) bond motifs is 2. The molecule has 44 heavy (non-hydrogen) atoms. The Balaban J connectivity index is 0.000000177. The molecule has 1 N–H and O–H groups in total. The van der Waals surface area contributed by atoms with Crippen molar-refractivity contribution < 1.29 is 37.0 Å². The average Bonchev–Trinajstić information content (AvgIpc) is 3.50. The molecule has 0 spiro atoms. The van der Waals surface area contributed by atoms with Crippen molar-refractivity contribution in [1.82, 2.24) is 9.97 Å². The minimum Gasteiger partial charge on any atom is -0.478 e. The molecule has 4 aromatic rings. The molecular weight excluding hydrogens is 580 g/mol. The number of hydrogen-bond donors (Lipinski definition) is 1. The number of esters is 1. The maximum atomic E-state index is 13.5. The lowest BCUT2D eigenvalue weighted by atomic mass is 10.1. The third kappa shape index (κ3) is 6.68. The highest BCUT2D eigenvalue weighted by Gasteiger charge is 2.34. The van der Waals surface area contributed by atoms with E-state index in [1.54, 1.807) is 79.2 Å². The molecule has 232 valence electrons. The van der Waals surface area contributed by atoms with Gasteiger partial charge in [-0.1, -0.05) is 0 Å². The first-order valence-corrected chi connectivity index (χ1v) is 14.1. The zero-order chi connectivity index (χ0) is 31.8. The molecule has 2 aliphatic rings. The van der Waals surface area contributed by atoms with Gasteiger partial charge in [-0.05, 0) is 69.3 Å². The van der Waals surface area contributed by atoms with Crippen molar-refractivity contribution >= 4 is 45.1 Å². The van der Waals surface area contributed by atoms with E-state index in [2.05, 4.69) is 9.97 Å². The predicted octanol–water partition coefficient (Wildman–Crippen LogP) is 6.12. The standard InChI is InChI=1S/C18H20F2N2O2.C14H12F2N2O2/c1-18(2,3)24-17(23)12-6-7-21-16-5-4-11(8-13(12)16)22-9-14(19)15(20)10-22;15-11-6-18(7-12(11)16)8-1-2-13-10(5-8)9(14(19)20)3-4-17-13/h4-8,14-15H,9-10H2,1-3H3;1-5,11-12H,6-7H2,(H,19,20)/t14-,15-;11-,12-/m00/s1. The number of aromatic nitrogens is 2. The molecule has 2 fully saturated rings. The summed E-state index contributed by atoms with van der Waals surface area (Å²) in [4.78, 5) is 35.2. The second kappa shape index (κ2) is 12.3. The van der Waals surface area contributed by atoms with Gasteiger partial charge >= 0.3 is 11.9 Å². The Bertz CT molecular complexity index is 1680. The number of hydrogen-bond acceptors (Lipinski definition) is 7. The number of carboxylic acids is 1. The highest BCUT2D eigenvalue weighted by atomic mass is 19.2. The molecule has 0 radical (unpaired) electrons. The van der Waals surface area contributed by atoms with Gasteiger partial charge in [0.25, 0.3) is 0 Å². The number of carboxylic acid groups (broad SMARTS) is 1. The molecule has 2 saturated heterocycles. The summed E-state index contributed by atoms with van der Waals surface area (Å²) in [6, 6.07) is 13.2. The molecule has 0 aliphatic carbocycles. The lowest BCUT2D eigenvalue weighted by molar-refractivity contribution is 0.00715. The van der Waals surface area contributed by atoms with Crippen LogP contribution in [0.2, 0.25) is 0 Å². The SMILES string of the molecule is CC(C)(C)OC(=O)c1ccnc2ccc(N3C[C@H](F)[C@@H](F)C3)cc12.O=C(O)c1ccnc2ccc(N3C[C@H](F)[C@@H](F)C3)cc12. The molecule has 6 rings (SSSR count). The van der Waals surface area contributed by atoms with E-state index in [1.165, 1.54) is 12.3 Å². The van der Waals surface area contributed by atoms with Crippen molar-refractivity contribution in [1.29, 1.82) is 0 Å². The highest BCUT2D eigenvalue weighted by Crippen LogP contribution is 2.30. The second-order valence-corrected chi connectivity index (χ2v) is 11.8. The van der Waals surface area contributed by atoms with Gasteiger partial charge in [0.2, 0.25) is 0 Å². The average molecular weight is 613 g/mol. The van der Waals surface area contributed by atoms with Crippen LogP contribution in [0, 0.1) is 0 Å². The first-order valence-electron chi connectivity index (χ1n) is 14.1. The fourth-order valence-electron chi connectivity index (χ4n) is 5.23. The van der Waals surface area contributed by atoms with Crippen LogP contribution in [-0.4, -0.2) is 83.5 Å². The highest BCUT2D eigenvalue weighted by molar-refractivity contribution is 6.04. The summed E-state index contributed by atoms with van der Waals surface area (Å²) in [5, 5.41) is 10.2. The fraction of sp³-hybridized carbons (Fsp3) is 0.375. The molecule has 12 heteroatoms. The van der Waals surface area contributed by atoms with Crippen molar-refractivity contribution in [2.75, 3.05) is 36.0 Å². The Morgan fingerprint density at radius 2 is 1.14 bits per heavy atom. The number of benzene rings is 2. The predicted molar refractivity (Wildman–Crippen MR) is 160 cm³/mol. The topological polar surface area (TPSA) is 95.9 Å². The first-order chi connectivity index (χ1) is 20.8. The number of halogens is 4. The number of carbonyl (C=O) groups excluding carboxylic acids is 1. The molecule has 0 saturated carbocycles. The van der Waals surface area contributed by atoms with Crippen LogP contribution in [0.15, 0.2) is 60.9 Å². The maximum absolute atomic E-state index is 13.5. The molecule has 8 nitrogen and oxygen atoms in total. The van der Waals surface area contributed by atoms with Crippen LogP contribution in [0.5, 0.6) is 0 Å². The summed E-state index contributed by atoms with van der Waals surface area (Å²) in [6.45, 7) is 5.38. The van der Waals surface area contributed by atoms with Crippen molar-refractivity contribution in [3.8, 4) is 0 Å². The summed E-state index contributed by atoms with van der Waals surface area (Å²) in [5.74, 6) is -1.50. The second-order valence-electron chi connectivity index (χ2n) is 11.8. The maximum Gasteiger partial charge on any atom is 0.339 e. The van der Waals surface area contributed by atoms with Gasteiger partial charge in [-0.15, -0.1) is 0 Å². The van der Waals surface area contributed by atoms with E-state index >= 15 is 0 Å². The Morgan fingerprint density at radius 3 is 1.55 bits per heavy atom. The monoisotopic (exact) mass is 612 g/mol. The molecule has 0 unspecified atom stereocenters. The molecular formula is C32H32F4N4O4. The lowest BCUT2D eigenvalue weighted by Gasteiger charge is -2.21. The molecule has 2 aromatic heterocycles. The number of alkyl halides is 4. The smallest absolute Gasteiger partial charge is 0.339 e. The van der Waals surface area contributed by atoms with Gasteiger partial charge in [0, 0.05) is 34.5 Å². The van der Waals surface area contributed by atoms with E-state index in [9.17, 15) is 27.2 Å². The number of rotatable bonds is 4. The molecule has 2 aromatic carbocycles. The van der Waals surface area contributed by atoms with Crippen molar-refractivity contribution in [2.45, 2.75) is 51.1 Å². The molecule has 4 heterocycles. The van der Waals surface area contributed by atoms with Gasteiger partial charge in [-0.25, -0.2) is 27.2 Å². The van der Waals surface area contributed by atoms with Crippen LogP contribution < -0.4 is 9.80 Å². The van der Waals surface area contributed by atoms with Crippen LogP contribution in [0.3, 0.4) is 0 Å². The molecule has 2 aliphatic heterocycles. The van der Waals surface area contributed by atoms with Crippen LogP contribution in [-0.2, 0) is 4.74 Å². The van der Waals surface area contributed by atoms with Crippen molar-refractivity contribution in [3.05, 3.63) is 72.1 Å². The van der Waals surface area contributed by atoms with Crippen molar-refractivity contribution in [3.63, 3.8) is 0 Å². The largest absolute Gasteiger partial charge is 0.478 e. The summed E-state index contributed by atoms with van der Waals surface area (Å²) in [7, 11) is 0. The summed E-state index contributed by atoms with van der Waals surface area (Å²) in [6.07, 6.45) is -3.00. The van der Waals surface area contributed by atoms with E-state index < -0.39 is 42.2 Å². The van der Waals surface area contributed by atoms with Crippen LogP contribution >= 0.6 is 0 Å². The van der Waals surface area contributed by atoms with Crippen LogP contribution in [0.25, 0.3) is 21.8 Å². The Kier molecular flexibility index (Phi) is 8.62. The number of pyridine rings is 2. The van der Waals surface area contributed by atoms with Gasteiger partial charge in [0.1, 0.15) is 5.60 Å². The van der Waals surface area contributed by atoms with Gasteiger partial charge in [0.05, 0.1) is 48.3 Å². The normalized spacial score (nSPS) is 21.8. The first kappa shape index (κ1) is 31.0. The zero-order valence-corrected chi connectivity index (χ0v) is 24.4. The number of anilines is 2. The summed E-state index contributed by atoms with van der Waals surface area (Å²) >= 11 is 0. The molecule has 0 bridgehead atoms. The number of nitrogens with zero attached hydrogens (tertiary/aromatic N) is 4. The number of carbonyl (C=O) groups is 2. The van der Waals surface area contributed by atoms with E-state index in [0.717, 1.165) is 0 Å². The Labute approximate surface area is 251 Å². The quantitative estimate of drug-likeness (QED) is 0.218. The minimum absolute atomic E-state index is 0.00864. The summed E-state index contributed by atoms with van der Waals surface area (Å²) in [5.41, 5.74) is 2.37. The van der Waals surface area contributed by atoms with Crippen LogP contribution in [0.1, 0.15) is 41.5 Å². The van der Waals surface area contributed by atoms with Gasteiger partial charge in [0.15, 0.2) is 24.7 Å². The molecule has 4 atom stereocenters. The summed E-state index contributed by atoms with van der Waals surface area (Å²) < 4.78 is 58.8. The van der Waals surface area contributed by atoms with Gasteiger partial charge in [-0.2, -0.15) is 0 Å². The van der Waals surface area contributed by atoms with E-state index in [0.29, 0.717) is 38.7 Å². The third-order valence-corrected chi connectivity index (χ3v) is 7.39. The fourth-order valence-corrected chi connectivity index (χ4v) is 5.23.